The topological polar surface area (TPSA) is 60.8 Å². The number of rotatable bonds is 4. The van der Waals surface area contributed by atoms with Crippen LogP contribution in [0.25, 0.3) is 6.08 Å². The van der Waals surface area contributed by atoms with Crippen LogP contribution in [0.3, 0.4) is 0 Å². The molecule has 2 aromatic rings. The summed E-state index contributed by atoms with van der Waals surface area (Å²) in [6, 6.07) is 13.7. The monoisotopic (exact) mass is 337 g/mol. The molecule has 0 aromatic heterocycles. The third kappa shape index (κ3) is 3.17. The number of likely N-dealkylation sites (N-methyl/N-ethyl adjacent to an activating group) is 1. The van der Waals surface area contributed by atoms with Crippen LogP contribution in [0.1, 0.15) is 36.1 Å². The van der Waals surface area contributed by atoms with E-state index in [2.05, 4.69) is 30.9 Å². The van der Waals surface area contributed by atoms with Gasteiger partial charge in [-0.1, -0.05) is 37.3 Å². The van der Waals surface area contributed by atoms with Crippen molar-refractivity contribution in [3.63, 3.8) is 0 Å². The maximum absolute atomic E-state index is 10.7. The number of hydrogen-bond acceptors (Lipinski definition) is 3. The predicted molar refractivity (Wildman–Crippen MR) is 98.6 cm³/mol. The zero-order chi connectivity index (χ0) is 18.0. The van der Waals surface area contributed by atoms with Gasteiger partial charge in [0.1, 0.15) is 5.75 Å². The van der Waals surface area contributed by atoms with Gasteiger partial charge in [0.05, 0.1) is 5.54 Å². The number of carbonyl (C=O) groups is 1. The summed E-state index contributed by atoms with van der Waals surface area (Å²) in [6.07, 6.45) is 3.67. The summed E-state index contributed by atoms with van der Waals surface area (Å²) in [4.78, 5) is 13.1. The van der Waals surface area contributed by atoms with E-state index < -0.39 is 5.97 Å². The quantitative estimate of drug-likeness (QED) is 0.837. The molecule has 130 valence electrons. The van der Waals surface area contributed by atoms with Crippen molar-refractivity contribution in [3.05, 3.63) is 70.8 Å². The Morgan fingerprint density at radius 2 is 1.96 bits per heavy atom. The molecule has 1 aliphatic rings. The molecule has 0 spiro atoms. The first-order valence-corrected chi connectivity index (χ1v) is 8.54. The van der Waals surface area contributed by atoms with Crippen LogP contribution in [0.4, 0.5) is 0 Å². The standard InChI is InChI=1S/C21H23NO3/c1-3-22-13-12-16-14-18(23)9-10-19(16)21(22,2)17-7-4-15(5-8-17)6-11-20(24)25/h4-11,14,23H,3,12-13H2,1-2H3,(H,24,25)/b11-6+. The molecule has 4 nitrogen and oxygen atoms in total. The molecule has 0 radical (unpaired) electrons. The summed E-state index contributed by atoms with van der Waals surface area (Å²) >= 11 is 0. The zero-order valence-corrected chi connectivity index (χ0v) is 14.6. The molecule has 2 N–H and O–H groups in total. The minimum atomic E-state index is -0.950. The fourth-order valence-electron chi connectivity index (χ4n) is 3.81. The summed E-state index contributed by atoms with van der Waals surface area (Å²) in [6.45, 7) is 6.24. The van der Waals surface area contributed by atoms with Crippen LogP contribution in [-0.2, 0) is 16.8 Å². The molecule has 2 aromatic carbocycles. The number of carboxylic acids is 1. The third-order valence-corrected chi connectivity index (χ3v) is 5.17. The Labute approximate surface area is 148 Å². The molecule has 0 bridgehead atoms. The van der Waals surface area contributed by atoms with Gasteiger partial charge in [-0.15, -0.1) is 0 Å². The van der Waals surface area contributed by atoms with Crippen molar-refractivity contribution in [2.24, 2.45) is 0 Å². The molecule has 1 heterocycles. The Hall–Kier alpha value is -2.59. The van der Waals surface area contributed by atoms with Gasteiger partial charge < -0.3 is 10.2 Å². The maximum Gasteiger partial charge on any atom is 0.328 e. The van der Waals surface area contributed by atoms with Crippen molar-refractivity contribution >= 4 is 12.0 Å². The van der Waals surface area contributed by atoms with Gasteiger partial charge in [0.15, 0.2) is 0 Å². The first-order valence-electron chi connectivity index (χ1n) is 8.54. The molecule has 4 heteroatoms. The van der Waals surface area contributed by atoms with E-state index in [0.717, 1.165) is 36.7 Å². The van der Waals surface area contributed by atoms with Crippen LogP contribution in [-0.4, -0.2) is 34.2 Å². The molecule has 1 atom stereocenters. The highest BCUT2D eigenvalue weighted by Gasteiger charge is 2.39. The van der Waals surface area contributed by atoms with Crippen LogP contribution in [0.15, 0.2) is 48.5 Å². The largest absolute Gasteiger partial charge is 0.508 e. The average Bonchev–Trinajstić information content (AvgIpc) is 2.60. The summed E-state index contributed by atoms with van der Waals surface area (Å²) in [7, 11) is 0. The summed E-state index contributed by atoms with van der Waals surface area (Å²) in [5.41, 5.74) is 4.15. The number of phenols is 1. The number of phenolic OH excluding ortho intramolecular Hbond substituents is 1. The fraction of sp³-hybridized carbons (Fsp3) is 0.286. The fourth-order valence-corrected chi connectivity index (χ4v) is 3.81. The van der Waals surface area contributed by atoms with Gasteiger partial charge in [-0.25, -0.2) is 4.79 Å². The van der Waals surface area contributed by atoms with Crippen molar-refractivity contribution < 1.29 is 15.0 Å². The Bertz CT molecular complexity index is 810. The molecule has 0 saturated carbocycles. The lowest BCUT2D eigenvalue weighted by molar-refractivity contribution is -0.131. The second-order valence-electron chi connectivity index (χ2n) is 6.54. The number of fused-ring (bicyclic) bond motifs is 1. The van der Waals surface area contributed by atoms with Gasteiger partial charge in [-0.05, 0) is 60.4 Å². The lowest BCUT2D eigenvalue weighted by Gasteiger charge is -2.46. The van der Waals surface area contributed by atoms with Gasteiger partial charge in [-0.2, -0.15) is 0 Å². The van der Waals surface area contributed by atoms with Crippen molar-refractivity contribution in [2.45, 2.75) is 25.8 Å². The van der Waals surface area contributed by atoms with E-state index in [0.29, 0.717) is 5.75 Å². The van der Waals surface area contributed by atoms with Crippen molar-refractivity contribution in [1.82, 2.24) is 4.90 Å². The van der Waals surface area contributed by atoms with E-state index in [1.807, 2.05) is 24.3 Å². The second kappa shape index (κ2) is 6.73. The second-order valence-corrected chi connectivity index (χ2v) is 6.54. The number of nitrogens with zero attached hydrogens (tertiary/aromatic N) is 1. The van der Waals surface area contributed by atoms with Crippen LogP contribution in [0, 0.1) is 0 Å². The van der Waals surface area contributed by atoms with Crippen LogP contribution < -0.4 is 0 Å². The molecular formula is C21H23NO3. The molecule has 1 aliphatic heterocycles. The van der Waals surface area contributed by atoms with Gasteiger partial charge in [0, 0.05) is 12.6 Å². The SMILES string of the molecule is CCN1CCc2cc(O)ccc2C1(C)c1ccc(/C=C/C(=O)O)cc1. The van der Waals surface area contributed by atoms with Crippen LogP contribution in [0.2, 0.25) is 0 Å². The highest BCUT2D eigenvalue weighted by Crippen LogP contribution is 2.41. The van der Waals surface area contributed by atoms with Crippen LogP contribution >= 0.6 is 0 Å². The highest BCUT2D eigenvalue weighted by atomic mass is 16.4. The van der Waals surface area contributed by atoms with Crippen molar-refractivity contribution in [3.8, 4) is 5.75 Å². The van der Waals surface area contributed by atoms with E-state index in [-0.39, 0.29) is 5.54 Å². The van der Waals surface area contributed by atoms with Gasteiger partial charge in [0.2, 0.25) is 0 Å². The lowest BCUT2D eigenvalue weighted by atomic mass is 9.77. The van der Waals surface area contributed by atoms with E-state index in [4.69, 9.17) is 5.11 Å². The molecule has 0 fully saturated rings. The van der Waals surface area contributed by atoms with Crippen LogP contribution in [0.5, 0.6) is 5.75 Å². The summed E-state index contributed by atoms with van der Waals surface area (Å²) in [5.74, 6) is -0.644. The Balaban J connectivity index is 2.05. The number of benzene rings is 2. The van der Waals surface area contributed by atoms with E-state index >= 15 is 0 Å². The predicted octanol–water partition coefficient (Wildman–Crippen LogP) is 3.63. The smallest absolute Gasteiger partial charge is 0.328 e. The number of aliphatic carboxylic acids is 1. The first kappa shape index (κ1) is 17.2. The van der Waals surface area contributed by atoms with E-state index in [1.54, 1.807) is 12.1 Å². The summed E-state index contributed by atoms with van der Waals surface area (Å²) in [5, 5.41) is 18.6. The van der Waals surface area contributed by atoms with E-state index in [9.17, 15) is 9.90 Å². The number of hydrogen-bond donors (Lipinski definition) is 2. The van der Waals surface area contributed by atoms with Gasteiger partial charge >= 0.3 is 5.97 Å². The summed E-state index contributed by atoms with van der Waals surface area (Å²) < 4.78 is 0. The molecular weight excluding hydrogens is 314 g/mol. The van der Waals surface area contributed by atoms with Gasteiger partial charge in [0.25, 0.3) is 0 Å². The van der Waals surface area contributed by atoms with E-state index in [1.165, 1.54) is 11.1 Å². The lowest BCUT2D eigenvalue weighted by Crippen LogP contribution is -2.49. The minimum absolute atomic E-state index is 0.273. The first-order chi connectivity index (χ1) is 11.9. The number of carboxylic acid groups (broad SMARTS) is 1. The average molecular weight is 337 g/mol. The van der Waals surface area contributed by atoms with Gasteiger partial charge in [-0.3, -0.25) is 4.90 Å². The molecule has 1 unspecified atom stereocenters. The molecule has 3 rings (SSSR count). The highest BCUT2D eigenvalue weighted by molar-refractivity contribution is 5.85. The molecule has 0 saturated heterocycles. The van der Waals surface area contributed by atoms with Crippen molar-refractivity contribution in [1.29, 1.82) is 0 Å². The molecule has 0 aliphatic carbocycles. The Morgan fingerprint density at radius 1 is 1.24 bits per heavy atom. The minimum Gasteiger partial charge on any atom is -0.508 e. The number of aromatic hydroxyl groups is 1. The molecule has 0 amide bonds. The maximum atomic E-state index is 10.7. The third-order valence-electron chi connectivity index (χ3n) is 5.17. The molecule has 25 heavy (non-hydrogen) atoms. The Morgan fingerprint density at radius 3 is 2.60 bits per heavy atom. The zero-order valence-electron chi connectivity index (χ0n) is 14.6. The normalized spacial score (nSPS) is 20.6. The Kier molecular flexibility index (Phi) is 4.64. The van der Waals surface area contributed by atoms with Crippen molar-refractivity contribution in [2.75, 3.05) is 13.1 Å².